The van der Waals surface area contributed by atoms with E-state index in [4.69, 9.17) is 0 Å². The van der Waals surface area contributed by atoms with Crippen molar-refractivity contribution >= 4 is 15.9 Å². The van der Waals surface area contributed by atoms with Crippen LogP contribution >= 0.6 is 15.9 Å². The van der Waals surface area contributed by atoms with Gasteiger partial charge in [0.05, 0.1) is 4.47 Å². The van der Waals surface area contributed by atoms with Crippen molar-refractivity contribution in [3.63, 3.8) is 0 Å². The first-order valence-corrected chi connectivity index (χ1v) is 5.47. The summed E-state index contributed by atoms with van der Waals surface area (Å²) < 4.78 is 51.3. The highest BCUT2D eigenvalue weighted by Gasteiger charge is 2.43. The second-order valence-electron chi connectivity index (χ2n) is 3.64. The molecular weight excluding hydrogens is 290 g/mol. The molecule has 1 aromatic rings. The van der Waals surface area contributed by atoms with Crippen molar-refractivity contribution in [2.45, 2.75) is 18.6 Å². The van der Waals surface area contributed by atoms with E-state index in [2.05, 4.69) is 21.2 Å². The Morgan fingerprint density at radius 1 is 1.31 bits per heavy atom. The zero-order valence-corrected chi connectivity index (χ0v) is 9.62. The summed E-state index contributed by atoms with van der Waals surface area (Å²) >= 11 is 2.90. The summed E-state index contributed by atoms with van der Waals surface area (Å²) in [7, 11) is 0. The fraction of sp³-hybridized carbons (Fsp3) is 0.400. The summed E-state index contributed by atoms with van der Waals surface area (Å²) in [4.78, 5) is 0. The highest BCUT2D eigenvalue weighted by atomic mass is 79.9. The van der Waals surface area contributed by atoms with E-state index in [9.17, 15) is 17.6 Å². The van der Waals surface area contributed by atoms with Gasteiger partial charge in [0.1, 0.15) is 11.9 Å². The lowest BCUT2D eigenvalue weighted by molar-refractivity contribution is -0.158. The molecule has 0 amide bonds. The quantitative estimate of drug-likeness (QED) is 0.724. The predicted octanol–water partition coefficient (Wildman–Crippen LogP) is 3.34. The fourth-order valence-corrected chi connectivity index (χ4v) is 2.20. The van der Waals surface area contributed by atoms with Crippen molar-refractivity contribution in [3.05, 3.63) is 33.5 Å². The van der Waals surface area contributed by atoms with E-state index >= 15 is 0 Å². The Labute approximate surface area is 98.0 Å². The van der Waals surface area contributed by atoms with Crippen LogP contribution < -0.4 is 5.32 Å². The van der Waals surface area contributed by atoms with Gasteiger partial charge in [0.15, 0.2) is 0 Å². The van der Waals surface area contributed by atoms with Gasteiger partial charge >= 0.3 is 6.18 Å². The van der Waals surface area contributed by atoms with Gasteiger partial charge in [-0.1, -0.05) is 0 Å². The maximum absolute atomic E-state index is 13.2. The van der Waals surface area contributed by atoms with Crippen molar-refractivity contribution in [3.8, 4) is 0 Å². The van der Waals surface area contributed by atoms with E-state index in [1.807, 2.05) is 0 Å². The molecule has 0 aromatic heterocycles. The molecule has 1 aromatic carbocycles. The van der Waals surface area contributed by atoms with Crippen molar-refractivity contribution < 1.29 is 17.6 Å². The minimum Gasteiger partial charge on any atom is -0.302 e. The minimum absolute atomic E-state index is 0.0594. The molecule has 0 radical (unpaired) electrons. The van der Waals surface area contributed by atoms with E-state index in [0.717, 1.165) is 0 Å². The number of halogens is 5. The van der Waals surface area contributed by atoms with Gasteiger partial charge in [-0.15, -0.1) is 0 Å². The summed E-state index contributed by atoms with van der Waals surface area (Å²) in [5.41, 5.74) is 0.522. The van der Waals surface area contributed by atoms with Gasteiger partial charge in [0.2, 0.25) is 0 Å². The van der Waals surface area contributed by atoms with Crippen molar-refractivity contribution in [2.75, 3.05) is 6.54 Å². The molecule has 2 rings (SSSR count). The van der Waals surface area contributed by atoms with Crippen molar-refractivity contribution in [2.24, 2.45) is 0 Å². The molecular formula is C10H8BrF4N. The Morgan fingerprint density at radius 3 is 2.62 bits per heavy atom. The van der Waals surface area contributed by atoms with Crippen LogP contribution in [0, 0.1) is 5.82 Å². The smallest absolute Gasteiger partial charge is 0.302 e. The second-order valence-corrected chi connectivity index (χ2v) is 4.50. The molecule has 0 spiro atoms. The molecule has 16 heavy (non-hydrogen) atoms. The molecule has 1 heterocycles. The van der Waals surface area contributed by atoms with Crippen LogP contribution in [-0.4, -0.2) is 12.7 Å². The Hall–Kier alpha value is -0.620. The Kier molecular flexibility index (Phi) is 2.96. The Morgan fingerprint density at radius 2 is 2.00 bits per heavy atom. The summed E-state index contributed by atoms with van der Waals surface area (Å²) in [5, 5.41) is 2.39. The minimum atomic E-state index is -4.35. The van der Waals surface area contributed by atoms with Gasteiger partial charge in [0.25, 0.3) is 0 Å². The van der Waals surface area contributed by atoms with E-state index in [1.165, 1.54) is 12.1 Å². The molecule has 1 atom stereocenters. The molecule has 0 fully saturated rings. The molecule has 88 valence electrons. The Balaban J connectivity index is 2.50. The zero-order valence-electron chi connectivity index (χ0n) is 8.04. The SMILES string of the molecule is Fc1cc2c(cc1Br)C(C(F)(F)F)NCC2. The lowest BCUT2D eigenvalue weighted by atomic mass is 9.94. The first kappa shape index (κ1) is 11.9. The normalized spacial score (nSPS) is 20.7. The number of hydrogen-bond donors (Lipinski definition) is 1. The van der Waals surface area contributed by atoms with Gasteiger partial charge in [-0.05, 0) is 45.6 Å². The maximum Gasteiger partial charge on any atom is 0.407 e. The monoisotopic (exact) mass is 297 g/mol. The predicted molar refractivity (Wildman–Crippen MR) is 54.6 cm³/mol. The summed E-state index contributed by atoms with van der Waals surface area (Å²) in [6.07, 6.45) is -3.95. The number of alkyl halides is 3. The third-order valence-corrected chi connectivity index (χ3v) is 3.17. The van der Waals surface area contributed by atoms with Crippen LogP contribution in [0.1, 0.15) is 17.2 Å². The molecule has 1 aliphatic heterocycles. The van der Waals surface area contributed by atoms with Gasteiger partial charge < -0.3 is 5.32 Å². The topological polar surface area (TPSA) is 12.0 Å². The average molecular weight is 298 g/mol. The Bertz CT molecular complexity index is 416. The number of rotatable bonds is 0. The highest BCUT2D eigenvalue weighted by Crippen LogP contribution is 2.38. The van der Waals surface area contributed by atoms with Crippen molar-refractivity contribution in [1.82, 2.24) is 5.32 Å². The summed E-state index contributed by atoms with van der Waals surface area (Å²) in [6.45, 7) is 0.207. The van der Waals surface area contributed by atoms with Crippen molar-refractivity contribution in [1.29, 1.82) is 0 Å². The first-order chi connectivity index (χ1) is 7.39. The van der Waals surface area contributed by atoms with Crippen LogP contribution in [0.25, 0.3) is 0 Å². The van der Waals surface area contributed by atoms with Crippen LogP contribution in [0.15, 0.2) is 16.6 Å². The zero-order chi connectivity index (χ0) is 11.9. The van der Waals surface area contributed by atoms with E-state index in [-0.39, 0.29) is 16.6 Å². The number of benzene rings is 1. The lowest BCUT2D eigenvalue weighted by Gasteiger charge is -2.28. The summed E-state index contributed by atoms with van der Waals surface area (Å²) in [6, 6.07) is 0.668. The van der Waals surface area contributed by atoms with Crippen LogP contribution in [0.5, 0.6) is 0 Å². The second kappa shape index (κ2) is 4.00. The molecule has 1 N–H and O–H groups in total. The largest absolute Gasteiger partial charge is 0.407 e. The van der Waals surface area contributed by atoms with Gasteiger partial charge in [0, 0.05) is 6.54 Å². The molecule has 0 bridgehead atoms. The van der Waals surface area contributed by atoms with Gasteiger partial charge in [-0.2, -0.15) is 13.2 Å². The van der Waals surface area contributed by atoms with Crippen LogP contribution in [-0.2, 0) is 6.42 Å². The van der Waals surface area contributed by atoms with Crippen LogP contribution in [0.3, 0.4) is 0 Å². The standard InChI is InChI=1S/C10H8BrF4N/c11-7-4-6-5(3-8(7)12)1-2-16-9(6)10(13,14)15/h3-4,9,16H,1-2H2. The van der Waals surface area contributed by atoms with E-state index in [0.29, 0.717) is 12.0 Å². The third-order valence-electron chi connectivity index (χ3n) is 2.56. The van der Waals surface area contributed by atoms with E-state index in [1.54, 1.807) is 0 Å². The maximum atomic E-state index is 13.2. The summed E-state index contributed by atoms with van der Waals surface area (Å²) in [5.74, 6) is -0.526. The number of nitrogens with one attached hydrogen (secondary N) is 1. The lowest BCUT2D eigenvalue weighted by Crippen LogP contribution is -2.39. The van der Waals surface area contributed by atoms with E-state index < -0.39 is 18.0 Å². The number of fused-ring (bicyclic) bond motifs is 1. The van der Waals surface area contributed by atoms with Crippen LogP contribution in [0.4, 0.5) is 17.6 Å². The van der Waals surface area contributed by atoms with Gasteiger partial charge in [-0.3, -0.25) is 0 Å². The van der Waals surface area contributed by atoms with Crippen LogP contribution in [0.2, 0.25) is 0 Å². The van der Waals surface area contributed by atoms with Gasteiger partial charge in [-0.25, -0.2) is 4.39 Å². The molecule has 0 saturated heterocycles. The first-order valence-electron chi connectivity index (χ1n) is 4.67. The molecule has 1 nitrogen and oxygen atoms in total. The number of hydrogen-bond acceptors (Lipinski definition) is 1. The molecule has 6 heteroatoms. The average Bonchev–Trinajstić information content (AvgIpc) is 2.17. The highest BCUT2D eigenvalue weighted by molar-refractivity contribution is 9.10. The molecule has 0 aliphatic carbocycles. The third kappa shape index (κ3) is 2.08. The molecule has 1 unspecified atom stereocenters. The molecule has 0 saturated carbocycles. The fourth-order valence-electron chi connectivity index (χ4n) is 1.84. The molecule has 1 aliphatic rings.